The topological polar surface area (TPSA) is 0 Å². The number of halogens is 4. The number of alkyl halides is 3. The molecule has 0 spiro atoms. The molecule has 0 fully saturated rings. The molecule has 4 heteroatoms. The SMILES string of the molecule is CCCCC1=CC1(c1ccc(Br)cc1)C(F)(F)F. The van der Waals surface area contributed by atoms with Gasteiger partial charge in [-0.3, -0.25) is 0 Å². The van der Waals surface area contributed by atoms with Gasteiger partial charge in [0.2, 0.25) is 0 Å². The lowest BCUT2D eigenvalue weighted by Crippen LogP contribution is -2.32. The normalized spacial score (nSPS) is 22.8. The van der Waals surface area contributed by atoms with Crippen LogP contribution in [0.1, 0.15) is 31.7 Å². The van der Waals surface area contributed by atoms with E-state index in [-0.39, 0.29) is 0 Å². The fourth-order valence-corrected chi connectivity index (χ4v) is 2.54. The Balaban J connectivity index is 2.27. The summed E-state index contributed by atoms with van der Waals surface area (Å²) in [6, 6.07) is 6.42. The number of hydrogen-bond donors (Lipinski definition) is 0. The largest absolute Gasteiger partial charge is 0.405 e. The quantitative estimate of drug-likeness (QED) is 0.654. The maximum absolute atomic E-state index is 13.3. The average molecular weight is 319 g/mol. The molecule has 0 aliphatic heterocycles. The lowest BCUT2D eigenvalue weighted by Gasteiger charge is -2.23. The molecular weight excluding hydrogens is 305 g/mol. The van der Waals surface area contributed by atoms with Crippen molar-refractivity contribution in [3.05, 3.63) is 46.0 Å². The summed E-state index contributed by atoms with van der Waals surface area (Å²) < 4.78 is 40.7. The third-order valence-corrected chi connectivity index (χ3v) is 3.89. The van der Waals surface area contributed by atoms with Gasteiger partial charge in [-0.15, -0.1) is 0 Å². The highest BCUT2D eigenvalue weighted by Crippen LogP contribution is 2.59. The lowest BCUT2D eigenvalue weighted by atomic mass is 9.88. The van der Waals surface area contributed by atoms with Crippen molar-refractivity contribution in [3.8, 4) is 0 Å². The summed E-state index contributed by atoms with van der Waals surface area (Å²) in [5, 5.41) is 0. The molecule has 0 heterocycles. The molecular formula is C14H14BrF3. The molecule has 0 saturated carbocycles. The second-order valence-electron chi connectivity index (χ2n) is 4.59. The highest BCUT2D eigenvalue weighted by atomic mass is 79.9. The molecule has 0 bridgehead atoms. The second kappa shape index (κ2) is 4.72. The van der Waals surface area contributed by atoms with Crippen molar-refractivity contribution in [2.75, 3.05) is 0 Å². The highest BCUT2D eigenvalue weighted by Gasteiger charge is 2.64. The van der Waals surface area contributed by atoms with Gasteiger partial charge in [0.15, 0.2) is 0 Å². The van der Waals surface area contributed by atoms with E-state index in [4.69, 9.17) is 0 Å². The molecule has 1 aliphatic rings. The molecule has 2 rings (SSSR count). The van der Waals surface area contributed by atoms with Gasteiger partial charge in [0.1, 0.15) is 5.41 Å². The summed E-state index contributed by atoms with van der Waals surface area (Å²) >= 11 is 3.24. The van der Waals surface area contributed by atoms with Crippen LogP contribution < -0.4 is 0 Å². The van der Waals surface area contributed by atoms with Crippen molar-refractivity contribution in [2.24, 2.45) is 0 Å². The zero-order valence-electron chi connectivity index (χ0n) is 10.0. The van der Waals surface area contributed by atoms with Gasteiger partial charge >= 0.3 is 6.18 Å². The molecule has 0 radical (unpaired) electrons. The fraction of sp³-hybridized carbons (Fsp3) is 0.429. The predicted molar refractivity (Wildman–Crippen MR) is 69.5 cm³/mol. The van der Waals surface area contributed by atoms with Gasteiger partial charge in [0.25, 0.3) is 0 Å². The summed E-state index contributed by atoms with van der Waals surface area (Å²) in [7, 11) is 0. The molecule has 1 aliphatic carbocycles. The lowest BCUT2D eigenvalue weighted by molar-refractivity contribution is -0.155. The Kier molecular flexibility index (Phi) is 3.58. The molecule has 18 heavy (non-hydrogen) atoms. The molecule has 98 valence electrons. The van der Waals surface area contributed by atoms with Gasteiger partial charge in [0.05, 0.1) is 0 Å². The Morgan fingerprint density at radius 3 is 2.28 bits per heavy atom. The Morgan fingerprint density at radius 1 is 1.17 bits per heavy atom. The van der Waals surface area contributed by atoms with Gasteiger partial charge in [-0.1, -0.05) is 47.5 Å². The van der Waals surface area contributed by atoms with Gasteiger partial charge < -0.3 is 0 Å². The third kappa shape index (κ3) is 2.22. The molecule has 1 unspecified atom stereocenters. The van der Waals surface area contributed by atoms with E-state index < -0.39 is 11.6 Å². The molecule has 1 atom stereocenters. The zero-order chi connectivity index (χ0) is 13.4. The number of allylic oxidation sites excluding steroid dienone is 2. The molecule has 0 nitrogen and oxygen atoms in total. The predicted octanol–water partition coefficient (Wildman–Crippen LogP) is 5.38. The highest BCUT2D eigenvalue weighted by molar-refractivity contribution is 9.10. The van der Waals surface area contributed by atoms with Crippen LogP contribution in [0.2, 0.25) is 0 Å². The first kappa shape index (κ1) is 13.7. The van der Waals surface area contributed by atoms with Crippen molar-refractivity contribution in [2.45, 2.75) is 37.8 Å². The minimum Gasteiger partial charge on any atom is -0.169 e. The maximum Gasteiger partial charge on any atom is 0.405 e. The maximum atomic E-state index is 13.3. The van der Waals surface area contributed by atoms with Crippen LogP contribution in [0.15, 0.2) is 40.4 Å². The van der Waals surface area contributed by atoms with Crippen molar-refractivity contribution >= 4 is 15.9 Å². The standard InChI is InChI=1S/C14H14BrF3/c1-2-3-4-11-9-13(11,14(16,17)18)10-5-7-12(15)8-6-10/h5-9H,2-4H2,1H3. The van der Waals surface area contributed by atoms with E-state index in [1.165, 1.54) is 6.08 Å². The van der Waals surface area contributed by atoms with Crippen LogP contribution in [0.25, 0.3) is 0 Å². The van der Waals surface area contributed by atoms with Crippen molar-refractivity contribution < 1.29 is 13.2 Å². The van der Waals surface area contributed by atoms with E-state index in [1.54, 1.807) is 24.3 Å². The summed E-state index contributed by atoms with van der Waals surface area (Å²) in [5.74, 6) is 0. The van der Waals surface area contributed by atoms with Crippen molar-refractivity contribution in [1.82, 2.24) is 0 Å². The number of hydrogen-bond acceptors (Lipinski definition) is 0. The van der Waals surface area contributed by atoms with E-state index in [9.17, 15) is 13.2 Å². The fourth-order valence-electron chi connectivity index (χ4n) is 2.27. The van der Waals surface area contributed by atoms with Crippen LogP contribution in [0.3, 0.4) is 0 Å². The Morgan fingerprint density at radius 2 is 1.78 bits per heavy atom. The minimum atomic E-state index is -4.23. The minimum absolute atomic E-state index is 0.323. The summed E-state index contributed by atoms with van der Waals surface area (Å²) in [6.45, 7) is 1.98. The first-order valence-electron chi connectivity index (χ1n) is 5.97. The van der Waals surface area contributed by atoms with Crippen LogP contribution in [0.4, 0.5) is 13.2 Å². The van der Waals surface area contributed by atoms with Crippen LogP contribution in [0, 0.1) is 0 Å². The van der Waals surface area contributed by atoms with Gasteiger partial charge in [-0.25, -0.2) is 0 Å². The van der Waals surface area contributed by atoms with Crippen LogP contribution in [0.5, 0.6) is 0 Å². The van der Waals surface area contributed by atoms with Crippen molar-refractivity contribution in [3.63, 3.8) is 0 Å². The molecule has 1 aromatic carbocycles. The van der Waals surface area contributed by atoms with E-state index in [0.29, 0.717) is 17.6 Å². The van der Waals surface area contributed by atoms with Gasteiger partial charge in [0, 0.05) is 4.47 Å². The summed E-state index contributed by atoms with van der Waals surface area (Å²) in [4.78, 5) is 0. The second-order valence-corrected chi connectivity index (χ2v) is 5.50. The molecule has 0 amide bonds. The van der Waals surface area contributed by atoms with E-state index >= 15 is 0 Å². The summed E-state index contributed by atoms with van der Waals surface area (Å²) in [6.07, 6.45) is -0.617. The van der Waals surface area contributed by atoms with E-state index in [0.717, 1.165) is 17.3 Å². The first-order valence-corrected chi connectivity index (χ1v) is 6.76. The molecule has 0 saturated heterocycles. The number of unbranched alkanes of at least 4 members (excludes halogenated alkanes) is 1. The smallest absolute Gasteiger partial charge is 0.169 e. The van der Waals surface area contributed by atoms with Crippen LogP contribution >= 0.6 is 15.9 Å². The molecule has 0 aromatic heterocycles. The average Bonchev–Trinajstić information content (AvgIpc) is 3.02. The van der Waals surface area contributed by atoms with Crippen LogP contribution in [-0.4, -0.2) is 6.18 Å². The Hall–Kier alpha value is -0.770. The van der Waals surface area contributed by atoms with Crippen LogP contribution in [-0.2, 0) is 5.41 Å². The monoisotopic (exact) mass is 318 g/mol. The van der Waals surface area contributed by atoms with Crippen molar-refractivity contribution in [1.29, 1.82) is 0 Å². The zero-order valence-corrected chi connectivity index (χ0v) is 11.6. The Bertz CT molecular complexity index is 459. The summed E-state index contributed by atoms with van der Waals surface area (Å²) in [5.41, 5.74) is -0.952. The van der Waals surface area contributed by atoms with E-state index in [1.807, 2.05) is 6.92 Å². The van der Waals surface area contributed by atoms with Gasteiger partial charge in [-0.2, -0.15) is 13.2 Å². The number of benzene rings is 1. The van der Waals surface area contributed by atoms with Gasteiger partial charge in [-0.05, 0) is 36.1 Å². The van der Waals surface area contributed by atoms with E-state index in [2.05, 4.69) is 15.9 Å². The molecule has 1 aromatic rings. The Labute approximate surface area is 113 Å². The number of rotatable bonds is 4. The first-order chi connectivity index (χ1) is 8.41. The molecule has 0 N–H and O–H groups in total. The third-order valence-electron chi connectivity index (χ3n) is 3.36.